The molecule has 1 aliphatic rings. The zero-order valence-corrected chi connectivity index (χ0v) is 14.1. The first-order valence-electron chi connectivity index (χ1n) is 8.02. The van der Waals surface area contributed by atoms with Crippen LogP contribution >= 0.6 is 0 Å². The lowest BCUT2D eigenvalue weighted by Gasteiger charge is -2.25. The predicted octanol–water partition coefficient (Wildman–Crippen LogP) is 2.86. The maximum Gasteiger partial charge on any atom is 0.231 e. The van der Waals surface area contributed by atoms with Crippen molar-refractivity contribution in [3.8, 4) is 0 Å². The lowest BCUT2D eigenvalue weighted by molar-refractivity contribution is -0.127. The topological polar surface area (TPSA) is 62.3 Å². The van der Waals surface area contributed by atoms with Gasteiger partial charge in [0.25, 0.3) is 0 Å². The van der Waals surface area contributed by atoms with E-state index < -0.39 is 5.92 Å². The van der Waals surface area contributed by atoms with Gasteiger partial charge in [0, 0.05) is 19.2 Å². The minimum atomic E-state index is -0.424. The molecule has 2 unspecified atom stereocenters. The molecule has 1 aromatic heterocycles. The maximum atomic E-state index is 12.7. The third kappa shape index (κ3) is 3.15. The molecule has 24 heavy (non-hydrogen) atoms. The number of carbonyl (C=O) groups excluding carboxylic acids is 2. The molecule has 124 valence electrons. The van der Waals surface area contributed by atoms with Crippen LogP contribution < -0.4 is 5.32 Å². The number of carbonyl (C=O) groups is 2. The third-order valence-electron chi connectivity index (χ3n) is 4.48. The van der Waals surface area contributed by atoms with Crippen LogP contribution in [0.1, 0.15) is 29.3 Å². The van der Waals surface area contributed by atoms with Crippen molar-refractivity contribution in [1.82, 2.24) is 9.88 Å². The lowest BCUT2D eigenvalue weighted by atomic mass is 9.92. The number of hydrogen-bond donors (Lipinski definition) is 1. The number of hydrogen-bond acceptors (Lipinski definition) is 3. The Hall–Kier alpha value is -2.69. The number of aromatic nitrogens is 1. The van der Waals surface area contributed by atoms with Crippen LogP contribution in [-0.2, 0) is 9.59 Å². The average molecular weight is 323 g/mol. The van der Waals surface area contributed by atoms with Gasteiger partial charge in [0.15, 0.2) is 0 Å². The number of benzene rings is 1. The molecule has 0 spiro atoms. The van der Waals surface area contributed by atoms with Crippen LogP contribution in [0.4, 0.5) is 5.82 Å². The van der Waals surface area contributed by atoms with Gasteiger partial charge in [0.2, 0.25) is 11.8 Å². The normalized spacial score (nSPS) is 20.3. The summed E-state index contributed by atoms with van der Waals surface area (Å²) in [6, 6.07) is 13.2. The number of nitrogens with one attached hydrogen (secondary N) is 1. The van der Waals surface area contributed by atoms with Gasteiger partial charge in [-0.3, -0.25) is 9.59 Å². The predicted molar refractivity (Wildman–Crippen MR) is 92.4 cm³/mol. The van der Waals surface area contributed by atoms with Gasteiger partial charge in [-0.05, 0) is 31.5 Å². The molecule has 0 radical (unpaired) electrons. The van der Waals surface area contributed by atoms with Crippen LogP contribution in [-0.4, -0.2) is 28.7 Å². The van der Waals surface area contributed by atoms with Gasteiger partial charge in [0.05, 0.1) is 12.0 Å². The van der Waals surface area contributed by atoms with Gasteiger partial charge in [0.1, 0.15) is 5.82 Å². The quantitative estimate of drug-likeness (QED) is 0.945. The van der Waals surface area contributed by atoms with E-state index in [4.69, 9.17) is 0 Å². The van der Waals surface area contributed by atoms with Crippen LogP contribution in [0.3, 0.4) is 0 Å². The van der Waals surface area contributed by atoms with E-state index in [0.717, 1.165) is 16.8 Å². The molecule has 3 rings (SSSR count). The van der Waals surface area contributed by atoms with Crippen LogP contribution in [0.15, 0.2) is 42.5 Å². The number of anilines is 1. The Bertz CT molecular complexity index is 770. The highest BCUT2D eigenvalue weighted by Crippen LogP contribution is 2.37. The first-order chi connectivity index (χ1) is 11.5. The molecule has 1 saturated heterocycles. The SMILES string of the molecule is Cc1ccc(C2C(C(=O)Nc3cccc(C)n3)CC(=O)N2C)cc1. The zero-order valence-electron chi connectivity index (χ0n) is 14.1. The molecule has 0 bridgehead atoms. The van der Waals surface area contributed by atoms with Gasteiger partial charge in [-0.15, -0.1) is 0 Å². The standard InChI is InChI=1S/C19H21N3O2/c1-12-7-9-14(10-8-12)18-15(11-17(23)22(18)3)19(24)21-16-6-4-5-13(2)20-16/h4-10,15,18H,11H2,1-3H3,(H,20,21,24). The van der Waals surface area contributed by atoms with Crippen molar-refractivity contribution in [2.24, 2.45) is 5.92 Å². The Balaban J connectivity index is 1.85. The van der Waals surface area contributed by atoms with Crippen LogP contribution in [0, 0.1) is 19.8 Å². The second-order valence-electron chi connectivity index (χ2n) is 6.32. The fraction of sp³-hybridized carbons (Fsp3) is 0.316. The highest BCUT2D eigenvalue weighted by Gasteiger charge is 2.42. The Morgan fingerprint density at radius 2 is 1.88 bits per heavy atom. The Morgan fingerprint density at radius 3 is 2.54 bits per heavy atom. The van der Waals surface area contributed by atoms with E-state index in [2.05, 4.69) is 10.3 Å². The van der Waals surface area contributed by atoms with E-state index in [9.17, 15) is 9.59 Å². The van der Waals surface area contributed by atoms with E-state index in [1.54, 1.807) is 18.0 Å². The number of amides is 2. The number of aryl methyl sites for hydroxylation is 2. The fourth-order valence-corrected chi connectivity index (χ4v) is 3.16. The summed E-state index contributed by atoms with van der Waals surface area (Å²) in [5.41, 5.74) is 2.96. The number of pyridine rings is 1. The van der Waals surface area contributed by atoms with Gasteiger partial charge in [-0.2, -0.15) is 0 Å². The summed E-state index contributed by atoms with van der Waals surface area (Å²) < 4.78 is 0. The van der Waals surface area contributed by atoms with Crippen molar-refractivity contribution >= 4 is 17.6 Å². The smallest absolute Gasteiger partial charge is 0.231 e. The van der Waals surface area contributed by atoms with Crippen molar-refractivity contribution in [2.45, 2.75) is 26.3 Å². The van der Waals surface area contributed by atoms with E-state index >= 15 is 0 Å². The Kier molecular flexibility index (Phi) is 4.34. The molecule has 2 atom stereocenters. The first kappa shape index (κ1) is 16.2. The highest BCUT2D eigenvalue weighted by atomic mass is 16.2. The van der Waals surface area contributed by atoms with Gasteiger partial charge in [-0.1, -0.05) is 35.9 Å². The van der Waals surface area contributed by atoms with E-state index in [0.29, 0.717) is 5.82 Å². The Labute approximate surface area is 141 Å². The van der Waals surface area contributed by atoms with Gasteiger partial charge >= 0.3 is 0 Å². The number of nitrogens with zero attached hydrogens (tertiary/aromatic N) is 2. The fourth-order valence-electron chi connectivity index (χ4n) is 3.16. The van der Waals surface area contributed by atoms with Crippen molar-refractivity contribution in [3.05, 3.63) is 59.3 Å². The first-order valence-corrected chi connectivity index (χ1v) is 8.02. The zero-order chi connectivity index (χ0) is 17.3. The number of rotatable bonds is 3. The maximum absolute atomic E-state index is 12.7. The van der Waals surface area contributed by atoms with Crippen molar-refractivity contribution < 1.29 is 9.59 Å². The number of likely N-dealkylation sites (tertiary alicyclic amines) is 1. The lowest BCUT2D eigenvalue weighted by Crippen LogP contribution is -2.30. The molecule has 5 heteroatoms. The summed E-state index contributed by atoms with van der Waals surface area (Å²) >= 11 is 0. The molecule has 0 aliphatic carbocycles. The largest absolute Gasteiger partial charge is 0.338 e. The minimum absolute atomic E-state index is 0.0158. The molecule has 1 N–H and O–H groups in total. The minimum Gasteiger partial charge on any atom is -0.338 e. The molecule has 1 aromatic carbocycles. The van der Waals surface area contributed by atoms with Crippen molar-refractivity contribution in [2.75, 3.05) is 12.4 Å². The second-order valence-corrected chi connectivity index (χ2v) is 6.32. The molecule has 2 amide bonds. The molecular weight excluding hydrogens is 302 g/mol. The van der Waals surface area contributed by atoms with Crippen molar-refractivity contribution in [3.63, 3.8) is 0 Å². The molecular formula is C19H21N3O2. The van der Waals surface area contributed by atoms with E-state index in [1.165, 1.54) is 0 Å². The van der Waals surface area contributed by atoms with Crippen LogP contribution in [0.2, 0.25) is 0 Å². The molecule has 5 nitrogen and oxygen atoms in total. The van der Waals surface area contributed by atoms with E-state index in [-0.39, 0.29) is 24.3 Å². The summed E-state index contributed by atoms with van der Waals surface area (Å²) in [7, 11) is 1.76. The molecule has 0 saturated carbocycles. The van der Waals surface area contributed by atoms with Crippen LogP contribution in [0.25, 0.3) is 0 Å². The summed E-state index contributed by atoms with van der Waals surface area (Å²) in [5, 5.41) is 2.85. The summed E-state index contributed by atoms with van der Waals surface area (Å²) in [6.45, 7) is 3.89. The molecule has 2 heterocycles. The molecule has 1 aliphatic heterocycles. The van der Waals surface area contributed by atoms with Gasteiger partial charge < -0.3 is 10.2 Å². The third-order valence-corrected chi connectivity index (χ3v) is 4.48. The van der Waals surface area contributed by atoms with Crippen molar-refractivity contribution in [1.29, 1.82) is 0 Å². The van der Waals surface area contributed by atoms with E-state index in [1.807, 2.05) is 50.2 Å². The second kappa shape index (κ2) is 6.43. The molecule has 1 fully saturated rings. The molecule has 2 aromatic rings. The van der Waals surface area contributed by atoms with Crippen LogP contribution in [0.5, 0.6) is 0 Å². The van der Waals surface area contributed by atoms with Gasteiger partial charge in [-0.25, -0.2) is 4.98 Å². The Morgan fingerprint density at radius 1 is 1.17 bits per heavy atom. The monoisotopic (exact) mass is 323 g/mol. The summed E-state index contributed by atoms with van der Waals surface area (Å²) in [4.78, 5) is 30.9. The summed E-state index contributed by atoms with van der Waals surface area (Å²) in [5.74, 6) is -0.0912. The average Bonchev–Trinajstić information content (AvgIpc) is 2.84. The highest BCUT2D eigenvalue weighted by molar-refractivity contribution is 5.97. The summed E-state index contributed by atoms with van der Waals surface area (Å²) in [6.07, 6.45) is 0.215.